The van der Waals surface area contributed by atoms with E-state index in [1.807, 2.05) is 36.4 Å². The number of aromatic hydroxyl groups is 1. The van der Waals surface area contributed by atoms with Gasteiger partial charge in [0, 0.05) is 25.2 Å². The highest BCUT2D eigenvalue weighted by molar-refractivity contribution is 5.80. The summed E-state index contributed by atoms with van der Waals surface area (Å²) in [6, 6.07) is 13.3. The van der Waals surface area contributed by atoms with Crippen molar-refractivity contribution in [3.05, 3.63) is 48.0 Å². The van der Waals surface area contributed by atoms with Gasteiger partial charge in [-0.2, -0.15) is 0 Å². The first-order chi connectivity index (χ1) is 14.0. The fourth-order valence-corrected chi connectivity index (χ4v) is 3.73. The van der Waals surface area contributed by atoms with Crippen molar-refractivity contribution in [3.8, 4) is 11.5 Å². The lowest BCUT2D eigenvalue weighted by atomic mass is 10.2. The monoisotopic (exact) mass is 394 g/mol. The number of para-hydroxylation sites is 3. The van der Waals surface area contributed by atoms with E-state index >= 15 is 0 Å². The molecule has 1 aliphatic rings. The van der Waals surface area contributed by atoms with E-state index in [1.54, 1.807) is 13.2 Å². The van der Waals surface area contributed by atoms with E-state index in [0.717, 1.165) is 35.5 Å². The Morgan fingerprint density at radius 3 is 2.45 bits per heavy atom. The maximum atomic E-state index is 10.4. The molecule has 0 amide bonds. The lowest BCUT2D eigenvalue weighted by molar-refractivity contribution is -0.00541. The van der Waals surface area contributed by atoms with Gasteiger partial charge < -0.3 is 24.8 Å². The van der Waals surface area contributed by atoms with Gasteiger partial charge in [0.2, 0.25) is 0 Å². The molecule has 2 aromatic carbocycles. The molecule has 0 saturated carbocycles. The molecule has 2 atom stereocenters. The summed E-state index contributed by atoms with van der Waals surface area (Å²) in [6.07, 6.45) is 0.226. The molecule has 2 heterocycles. The third kappa shape index (κ3) is 4.05. The smallest absolute Gasteiger partial charge is 0.172 e. The molecule has 0 bridgehead atoms. The number of nitrogens with one attached hydrogen (secondary N) is 1. The van der Waals surface area contributed by atoms with Crippen LogP contribution in [-0.4, -0.2) is 47.5 Å². The first-order valence-corrected chi connectivity index (χ1v) is 9.81. The first-order valence-electron chi connectivity index (χ1n) is 9.81. The van der Waals surface area contributed by atoms with E-state index in [-0.39, 0.29) is 18.0 Å². The number of benzene rings is 2. The minimum atomic E-state index is 0.113. The van der Waals surface area contributed by atoms with Gasteiger partial charge in [-0.3, -0.25) is 0 Å². The van der Waals surface area contributed by atoms with E-state index in [1.165, 1.54) is 0 Å². The van der Waals surface area contributed by atoms with Gasteiger partial charge in [0.05, 0.1) is 30.4 Å². The number of phenols is 1. The Hall–Kier alpha value is -3.06. The van der Waals surface area contributed by atoms with Gasteiger partial charge in [0.15, 0.2) is 23.1 Å². The largest absolute Gasteiger partial charge is 0.504 e. The van der Waals surface area contributed by atoms with Crippen LogP contribution >= 0.6 is 0 Å². The third-order valence-electron chi connectivity index (χ3n) is 5.02. The molecule has 1 aliphatic heterocycles. The van der Waals surface area contributed by atoms with Crippen molar-refractivity contribution in [2.75, 3.05) is 30.4 Å². The number of methoxy groups -OCH3 is 1. The lowest BCUT2D eigenvalue weighted by Gasteiger charge is -2.36. The predicted molar refractivity (Wildman–Crippen MR) is 114 cm³/mol. The normalized spacial score (nSPS) is 19.3. The highest BCUT2D eigenvalue weighted by atomic mass is 16.5. The topological polar surface area (TPSA) is 79.7 Å². The van der Waals surface area contributed by atoms with Crippen molar-refractivity contribution in [3.63, 3.8) is 0 Å². The van der Waals surface area contributed by atoms with Crippen molar-refractivity contribution < 1.29 is 14.6 Å². The Bertz CT molecular complexity index is 1000. The molecular formula is C22H26N4O3. The molecule has 0 spiro atoms. The van der Waals surface area contributed by atoms with Crippen molar-refractivity contribution in [1.82, 2.24) is 9.97 Å². The summed E-state index contributed by atoms with van der Waals surface area (Å²) in [5.74, 6) is 2.07. The Morgan fingerprint density at radius 1 is 1.07 bits per heavy atom. The van der Waals surface area contributed by atoms with E-state index in [9.17, 15) is 5.11 Å². The van der Waals surface area contributed by atoms with E-state index in [0.29, 0.717) is 18.1 Å². The third-order valence-corrected chi connectivity index (χ3v) is 5.02. The first kappa shape index (κ1) is 19.3. The minimum Gasteiger partial charge on any atom is -0.504 e. The molecule has 2 N–H and O–H groups in total. The van der Waals surface area contributed by atoms with Crippen molar-refractivity contribution >= 4 is 22.7 Å². The molecule has 2 unspecified atom stereocenters. The minimum absolute atomic E-state index is 0.113. The fraction of sp³-hybridized carbons (Fsp3) is 0.364. The molecule has 7 nitrogen and oxygen atoms in total. The number of nitrogens with zero attached hydrogens (tertiary/aromatic N) is 3. The van der Waals surface area contributed by atoms with Crippen LogP contribution in [0.1, 0.15) is 19.4 Å². The average molecular weight is 394 g/mol. The number of rotatable bonds is 5. The number of aromatic nitrogens is 2. The second-order valence-electron chi connectivity index (χ2n) is 7.37. The van der Waals surface area contributed by atoms with Gasteiger partial charge in [0.1, 0.15) is 0 Å². The molecule has 1 fully saturated rings. The van der Waals surface area contributed by atoms with Gasteiger partial charge in [0.25, 0.3) is 0 Å². The van der Waals surface area contributed by atoms with E-state index in [2.05, 4.69) is 24.1 Å². The second kappa shape index (κ2) is 8.13. The summed E-state index contributed by atoms with van der Waals surface area (Å²) < 4.78 is 11.1. The molecule has 7 heteroatoms. The number of anilines is 2. The summed E-state index contributed by atoms with van der Waals surface area (Å²) in [5, 5.41) is 13.8. The van der Waals surface area contributed by atoms with Crippen LogP contribution in [0.4, 0.5) is 11.6 Å². The predicted octanol–water partition coefficient (Wildman–Crippen LogP) is 3.57. The Kier molecular flexibility index (Phi) is 5.40. The number of hydrogen-bond donors (Lipinski definition) is 2. The Labute approximate surface area is 170 Å². The summed E-state index contributed by atoms with van der Waals surface area (Å²) >= 11 is 0. The van der Waals surface area contributed by atoms with Crippen LogP contribution in [0.15, 0.2) is 42.5 Å². The molecular weight excluding hydrogens is 368 g/mol. The van der Waals surface area contributed by atoms with Gasteiger partial charge in [-0.05, 0) is 32.0 Å². The number of morpholine rings is 1. The molecule has 29 heavy (non-hydrogen) atoms. The molecule has 1 aromatic heterocycles. The molecule has 152 valence electrons. The zero-order chi connectivity index (χ0) is 20.4. The molecule has 4 rings (SSSR count). The fourth-order valence-electron chi connectivity index (χ4n) is 3.73. The van der Waals surface area contributed by atoms with Crippen molar-refractivity contribution in [1.29, 1.82) is 0 Å². The summed E-state index contributed by atoms with van der Waals surface area (Å²) in [5.41, 5.74) is 2.40. The standard InChI is InChI=1S/C22H26N4O3/c1-14-12-26(13-15(2)29-14)22-21(24-17-8-4-5-9-18(17)25-22)23-11-16-7-6-10-19(28-3)20(16)27/h4-10,14-15,27H,11-13H2,1-3H3,(H,23,24). The van der Waals surface area contributed by atoms with Crippen LogP contribution in [0.5, 0.6) is 11.5 Å². The van der Waals surface area contributed by atoms with Crippen LogP contribution < -0.4 is 15.0 Å². The van der Waals surface area contributed by atoms with Gasteiger partial charge >= 0.3 is 0 Å². The molecule has 0 radical (unpaired) electrons. The van der Waals surface area contributed by atoms with Gasteiger partial charge in [-0.25, -0.2) is 9.97 Å². The second-order valence-corrected chi connectivity index (χ2v) is 7.37. The molecule has 1 saturated heterocycles. The van der Waals surface area contributed by atoms with Crippen LogP contribution in [0.2, 0.25) is 0 Å². The van der Waals surface area contributed by atoms with Gasteiger partial charge in [-0.1, -0.05) is 24.3 Å². The quantitative estimate of drug-likeness (QED) is 0.685. The number of fused-ring (bicyclic) bond motifs is 1. The van der Waals surface area contributed by atoms with Crippen molar-refractivity contribution in [2.45, 2.75) is 32.6 Å². The van der Waals surface area contributed by atoms with E-state index < -0.39 is 0 Å². The van der Waals surface area contributed by atoms with Crippen LogP contribution in [0, 0.1) is 0 Å². The summed E-state index contributed by atoms with van der Waals surface area (Å²) in [4.78, 5) is 11.9. The Balaban J connectivity index is 1.68. The van der Waals surface area contributed by atoms with Crippen LogP contribution in [0.3, 0.4) is 0 Å². The van der Waals surface area contributed by atoms with Crippen LogP contribution in [0.25, 0.3) is 11.0 Å². The maximum Gasteiger partial charge on any atom is 0.172 e. The highest BCUT2D eigenvalue weighted by Gasteiger charge is 2.26. The number of phenolic OH excluding ortho intramolecular Hbond substituents is 1. The summed E-state index contributed by atoms with van der Waals surface area (Å²) in [7, 11) is 1.54. The van der Waals surface area contributed by atoms with Crippen LogP contribution in [-0.2, 0) is 11.3 Å². The molecule has 3 aromatic rings. The SMILES string of the molecule is COc1cccc(CNc2nc3ccccc3nc2N2CC(C)OC(C)C2)c1O. The number of ether oxygens (including phenoxy) is 2. The Morgan fingerprint density at radius 2 is 1.76 bits per heavy atom. The van der Waals surface area contributed by atoms with Gasteiger partial charge in [-0.15, -0.1) is 0 Å². The highest BCUT2D eigenvalue weighted by Crippen LogP contribution is 2.32. The average Bonchev–Trinajstić information content (AvgIpc) is 2.71. The summed E-state index contributed by atoms with van der Waals surface area (Å²) in [6.45, 7) is 6.03. The zero-order valence-corrected chi connectivity index (χ0v) is 16.9. The van der Waals surface area contributed by atoms with E-state index in [4.69, 9.17) is 19.4 Å². The van der Waals surface area contributed by atoms with Crippen molar-refractivity contribution in [2.24, 2.45) is 0 Å². The zero-order valence-electron chi connectivity index (χ0n) is 16.9. The lowest BCUT2D eigenvalue weighted by Crippen LogP contribution is -2.46. The maximum absolute atomic E-state index is 10.4. The molecule has 0 aliphatic carbocycles. The number of hydrogen-bond acceptors (Lipinski definition) is 7.